The lowest BCUT2D eigenvalue weighted by molar-refractivity contribution is 0.131. The third kappa shape index (κ3) is 3.66. The minimum atomic E-state index is -0.0653. The van der Waals surface area contributed by atoms with Gasteiger partial charge in [-0.15, -0.1) is 0 Å². The number of aromatic nitrogens is 2. The highest BCUT2D eigenvalue weighted by molar-refractivity contribution is 5.92. The lowest BCUT2D eigenvalue weighted by Crippen LogP contribution is -2.24. The summed E-state index contributed by atoms with van der Waals surface area (Å²) < 4.78 is 5.57. The van der Waals surface area contributed by atoms with E-state index in [4.69, 9.17) is 15.9 Å². The third-order valence-electron chi connectivity index (χ3n) is 2.93. The second-order valence-electron chi connectivity index (χ2n) is 4.61. The Bertz CT molecular complexity index is 401. The zero-order chi connectivity index (χ0) is 13.0. The maximum Gasteiger partial charge on any atom is 0.146 e. The van der Waals surface area contributed by atoms with Crippen LogP contribution in [0.3, 0.4) is 0 Å². The Kier molecular flexibility index (Phi) is 4.09. The number of likely N-dealkylation sites (N-methyl/N-ethyl adjacent to an activating group) is 1. The van der Waals surface area contributed by atoms with Crippen molar-refractivity contribution in [3.8, 4) is 0 Å². The van der Waals surface area contributed by atoms with Crippen molar-refractivity contribution >= 4 is 11.7 Å². The van der Waals surface area contributed by atoms with Crippen LogP contribution >= 0.6 is 0 Å². The Hall–Kier alpha value is -1.69. The Morgan fingerprint density at radius 3 is 2.83 bits per heavy atom. The molecule has 1 aromatic rings. The van der Waals surface area contributed by atoms with Gasteiger partial charge in [0.2, 0.25) is 0 Å². The summed E-state index contributed by atoms with van der Waals surface area (Å²) in [6.07, 6.45) is 5.76. The summed E-state index contributed by atoms with van der Waals surface area (Å²) in [5.41, 5.74) is 5.72. The number of hydrogen-bond acceptors (Lipinski definition) is 5. The third-order valence-corrected chi connectivity index (χ3v) is 2.93. The van der Waals surface area contributed by atoms with Gasteiger partial charge in [-0.25, -0.2) is 9.97 Å². The highest BCUT2D eigenvalue weighted by Crippen LogP contribution is 2.28. The maximum atomic E-state index is 7.24. The molecule has 3 N–H and O–H groups in total. The van der Waals surface area contributed by atoms with Crippen LogP contribution in [-0.2, 0) is 4.74 Å². The van der Waals surface area contributed by atoms with Crippen LogP contribution in [0.1, 0.15) is 18.5 Å². The average molecular weight is 249 g/mol. The molecule has 0 aromatic carbocycles. The Balaban J connectivity index is 1.76. The number of nitrogen functional groups attached to an aromatic ring is 1. The molecule has 0 aliphatic heterocycles. The van der Waals surface area contributed by atoms with E-state index in [1.54, 1.807) is 6.20 Å². The predicted octanol–water partition coefficient (Wildman–Crippen LogP) is 0.623. The van der Waals surface area contributed by atoms with Gasteiger partial charge in [-0.1, -0.05) is 0 Å². The van der Waals surface area contributed by atoms with Crippen molar-refractivity contribution in [2.24, 2.45) is 11.7 Å². The summed E-state index contributed by atoms with van der Waals surface area (Å²) in [6, 6.07) is 0. The second kappa shape index (κ2) is 5.77. The number of ether oxygens (including phenoxy) is 1. The summed E-state index contributed by atoms with van der Waals surface area (Å²) in [5.74, 6) is 1.49. The molecule has 0 spiro atoms. The van der Waals surface area contributed by atoms with Gasteiger partial charge in [0.25, 0.3) is 0 Å². The van der Waals surface area contributed by atoms with E-state index in [0.717, 1.165) is 24.9 Å². The van der Waals surface area contributed by atoms with Crippen LogP contribution in [-0.4, -0.2) is 42.6 Å². The molecule has 1 aromatic heterocycles. The Morgan fingerprint density at radius 2 is 2.28 bits per heavy atom. The van der Waals surface area contributed by atoms with Gasteiger partial charge < -0.3 is 15.4 Å². The first-order chi connectivity index (χ1) is 8.66. The Morgan fingerprint density at radius 1 is 1.50 bits per heavy atom. The van der Waals surface area contributed by atoms with Crippen LogP contribution in [0.5, 0.6) is 0 Å². The zero-order valence-electron chi connectivity index (χ0n) is 10.6. The molecule has 0 bridgehead atoms. The molecule has 98 valence electrons. The second-order valence-corrected chi connectivity index (χ2v) is 4.61. The van der Waals surface area contributed by atoms with Gasteiger partial charge in [0, 0.05) is 20.2 Å². The molecule has 1 heterocycles. The number of nitrogens with two attached hydrogens (primary N) is 1. The van der Waals surface area contributed by atoms with E-state index in [2.05, 4.69) is 9.97 Å². The van der Waals surface area contributed by atoms with E-state index in [1.165, 1.54) is 19.0 Å². The number of nitrogens with zero attached hydrogens (tertiary/aromatic N) is 3. The number of nitrogens with one attached hydrogen (secondary N) is 1. The van der Waals surface area contributed by atoms with Gasteiger partial charge in [-0.2, -0.15) is 0 Å². The van der Waals surface area contributed by atoms with Crippen molar-refractivity contribution in [2.75, 3.05) is 31.7 Å². The molecule has 1 aliphatic rings. The first kappa shape index (κ1) is 12.8. The van der Waals surface area contributed by atoms with Crippen LogP contribution in [0.4, 0.5) is 5.82 Å². The predicted molar refractivity (Wildman–Crippen MR) is 69.9 cm³/mol. The number of rotatable bonds is 7. The summed E-state index contributed by atoms with van der Waals surface area (Å²) in [7, 11) is 1.94. The zero-order valence-corrected chi connectivity index (χ0v) is 10.6. The molecule has 1 aliphatic carbocycles. The van der Waals surface area contributed by atoms with Gasteiger partial charge in [-0.05, 0) is 18.8 Å². The molecule has 6 nitrogen and oxygen atoms in total. The standard InChI is InChI=1S/C12H19N5O/c1-17(4-5-18-8-9-2-3-9)11-7-15-10(6-16-11)12(13)14/h6-7,9H,2-5,8H2,1H3,(H3,13,14). The van der Waals surface area contributed by atoms with E-state index in [0.29, 0.717) is 12.3 Å². The first-order valence-electron chi connectivity index (χ1n) is 6.12. The molecule has 6 heteroatoms. The van der Waals surface area contributed by atoms with Crippen molar-refractivity contribution in [3.63, 3.8) is 0 Å². The van der Waals surface area contributed by atoms with Crippen molar-refractivity contribution in [1.29, 1.82) is 5.41 Å². The molecule has 18 heavy (non-hydrogen) atoms. The van der Waals surface area contributed by atoms with E-state index in [-0.39, 0.29) is 5.84 Å². The van der Waals surface area contributed by atoms with Gasteiger partial charge in [0.1, 0.15) is 17.3 Å². The molecule has 0 amide bonds. The number of hydrogen-bond donors (Lipinski definition) is 2. The molecule has 1 fully saturated rings. The lowest BCUT2D eigenvalue weighted by Gasteiger charge is -2.17. The van der Waals surface area contributed by atoms with Crippen molar-refractivity contribution in [3.05, 3.63) is 18.1 Å². The maximum absolute atomic E-state index is 7.24. The molecule has 0 unspecified atom stereocenters. The Labute approximate surface area is 107 Å². The van der Waals surface area contributed by atoms with Crippen molar-refractivity contribution < 1.29 is 4.74 Å². The minimum Gasteiger partial charge on any atom is -0.382 e. The van der Waals surface area contributed by atoms with Crippen LogP contribution in [0, 0.1) is 11.3 Å². The SMILES string of the molecule is CN(CCOCC1CC1)c1cnc(C(=N)N)cn1. The van der Waals surface area contributed by atoms with E-state index in [9.17, 15) is 0 Å². The molecule has 0 radical (unpaired) electrons. The molecular weight excluding hydrogens is 230 g/mol. The van der Waals surface area contributed by atoms with Crippen LogP contribution in [0.25, 0.3) is 0 Å². The number of anilines is 1. The molecule has 2 rings (SSSR count). The van der Waals surface area contributed by atoms with Crippen LogP contribution in [0.2, 0.25) is 0 Å². The van der Waals surface area contributed by atoms with Crippen LogP contribution < -0.4 is 10.6 Å². The summed E-state index contributed by atoms with van der Waals surface area (Å²) in [5, 5.41) is 7.24. The minimum absolute atomic E-state index is 0.0653. The summed E-state index contributed by atoms with van der Waals surface area (Å²) in [6.45, 7) is 2.35. The van der Waals surface area contributed by atoms with Gasteiger partial charge >= 0.3 is 0 Å². The fraction of sp³-hybridized carbons (Fsp3) is 0.583. The fourth-order valence-corrected chi connectivity index (χ4v) is 1.51. The first-order valence-corrected chi connectivity index (χ1v) is 6.12. The molecule has 0 saturated heterocycles. The summed E-state index contributed by atoms with van der Waals surface area (Å²) in [4.78, 5) is 10.3. The smallest absolute Gasteiger partial charge is 0.146 e. The van der Waals surface area contributed by atoms with Crippen molar-refractivity contribution in [2.45, 2.75) is 12.8 Å². The van der Waals surface area contributed by atoms with Crippen molar-refractivity contribution in [1.82, 2.24) is 9.97 Å². The van der Waals surface area contributed by atoms with Gasteiger partial charge in [0.15, 0.2) is 0 Å². The average Bonchev–Trinajstić information content (AvgIpc) is 3.18. The highest BCUT2D eigenvalue weighted by Gasteiger charge is 2.20. The molecular formula is C12H19N5O. The van der Waals surface area contributed by atoms with E-state index in [1.807, 2.05) is 11.9 Å². The topological polar surface area (TPSA) is 88.1 Å². The lowest BCUT2D eigenvalue weighted by atomic mass is 10.4. The van der Waals surface area contributed by atoms with Gasteiger partial charge in [-0.3, -0.25) is 5.41 Å². The quantitative estimate of drug-likeness (QED) is 0.420. The monoisotopic (exact) mass is 249 g/mol. The molecule has 1 saturated carbocycles. The normalized spacial score (nSPS) is 14.5. The molecule has 0 atom stereocenters. The fourth-order valence-electron chi connectivity index (χ4n) is 1.51. The highest BCUT2D eigenvalue weighted by atomic mass is 16.5. The largest absolute Gasteiger partial charge is 0.382 e. The van der Waals surface area contributed by atoms with E-state index >= 15 is 0 Å². The van der Waals surface area contributed by atoms with E-state index < -0.39 is 0 Å². The number of amidine groups is 1. The van der Waals surface area contributed by atoms with Crippen LogP contribution in [0.15, 0.2) is 12.4 Å². The summed E-state index contributed by atoms with van der Waals surface area (Å²) >= 11 is 0. The van der Waals surface area contributed by atoms with Gasteiger partial charge in [0.05, 0.1) is 19.0 Å².